The fraction of sp³-hybridized carbons (Fsp3) is 1.00. The molecule has 10 N–H and O–H groups in total. The Labute approximate surface area is 181 Å². The van der Waals surface area contributed by atoms with Gasteiger partial charge in [0.15, 0.2) is 18.9 Å². The van der Waals surface area contributed by atoms with Gasteiger partial charge in [-0.25, -0.2) is 0 Å². The molecule has 0 radical (unpaired) electrons. The molecule has 3 heterocycles. The Kier molecular flexibility index (Phi) is 8.75. The van der Waals surface area contributed by atoms with Gasteiger partial charge in [0.05, 0.1) is 19.8 Å². The highest BCUT2D eigenvalue weighted by Crippen LogP contribution is 2.26. The average Bonchev–Trinajstić information content (AvgIpc) is 2.77. The lowest BCUT2D eigenvalue weighted by Gasteiger charge is -2.42. The van der Waals surface area contributed by atoms with Gasteiger partial charge in [0, 0.05) is 0 Å². The van der Waals surface area contributed by atoms with Crippen LogP contribution in [0.4, 0.5) is 0 Å². The van der Waals surface area contributed by atoms with Crippen molar-refractivity contribution < 1.29 is 74.7 Å². The Hall–Kier alpha value is -0.600. The molecular formula is C17H30O15. The first-order valence-corrected chi connectivity index (χ1v) is 9.99. The van der Waals surface area contributed by atoms with E-state index in [1.54, 1.807) is 0 Å². The smallest absolute Gasteiger partial charge is 0.186 e. The second-order valence-corrected chi connectivity index (χ2v) is 7.97. The van der Waals surface area contributed by atoms with Crippen molar-refractivity contribution in [3.63, 3.8) is 0 Å². The van der Waals surface area contributed by atoms with Gasteiger partial charge in [-0.05, 0) is 0 Å². The lowest BCUT2D eigenvalue weighted by Crippen LogP contribution is -2.62. The van der Waals surface area contributed by atoms with Gasteiger partial charge in [-0.15, -0.1) is 0 Å². The fourth-order valence-corrected chi connectivity index (χ4v) is 3.57. The van der Waals surface area contributed by atoms with Gasteiger partial charge in [-0.3, -0.25) is 0 Å². The van der Waals surface area contributed by atoms with E-state index in [-0.39, 0.29) is 6.61 Å². The Bertz CT molecular complexity index is 596. The van der Waals surface area contributed by atoms with Crippen LogP contribution in [-0.2, 0) is 23.7 Å². The topological polar surface area (TPSA) is 248 Å². The Morgan fingerprint density at radius 3 is 1.66 bits per heavy atom. The first kappa shape index (κ1) is 26.0. The number of hydrogen-bond donors (Lipinski definition) is 10. The maximum atomic E-state index is 10.2. The van der Waals surface area contributed by atoms with Gasteiger partial charge in [-0.1, -0.05) is 0 Å². The second kappa shape index (κ2) is 10.8. The maximum Gasteiger partial charge on any atom is 0.186 e. The lowest BCUT2D eigenvalue weighted by atomic mass is 9.98. The molecule has 188 valence electrons. The van der Waals surface area contributed by atoms with Crippen molar-refractivity contribution in [2.24, 2.45) is 0 Å². The summed E-state index contributed by atoms with van der Waals surface area (Å²) in [5.41, 5.74) is 0. The van der Waals surface area contributed by atoms with Gasteiger partial charge in [0.1, 0.15) is 67.1 Å². The van der Waals surface area contributed by atoms with E-state index in [4.69, 9.17) is 23.7 Å². The summed E-state index contributed by atoms with van der Waals surface area (Å²) in [6.07, 6.45) is -22.0. The van der Waals surface area contributed by atoms with Crippen molar-refractivity contribution in [1.82, 2.24) is 0 Å². The minimum atomic E-state index is -1.80. The Morgan fingerprint density at radius 2 is 1.03 bits per heavy atom. The molecule has 0 aliphatic carbocycles. The molecule has 0 aromatic carbocycles. The molecule has 15 nitrogen and oxygen atoms in total. The Balaban J connectivity index is 1.56. The van der Waals surface area contributed by atoms with E-state index in [2.05, 4.69) is 0 Å². The van der Waals surface area contributed by atoms with E-state index in [1.807, 2.05) is 0 Å². The van der Waals surface area contributed by atoms with Gasteiger partial charge >= 0.3 is 0 Å². The van der Waals surface area contributed by atoms with Crippen molar-refractivity contribution in [2.75, 3.05) is 19.8 Å². The van der Waals surface area contributed by atoms with Crippen LogP contribution in [0.5, 0.6) is 0 Å². The third kappa shape index (κ3) is 5.38. The summed E-state index contributed by atoms with van der Waals surface area (Å²) in [5, 5.41) is 98.1. The summed E-state index contributed by atoms with van der Waals surface area (Å²) in [6.45, 7) is -1.35. The predicted octanol–water partition coefficient (Wildman–Crippen LogP) is -6.93. The number of rotatable bonds is 6. The first-order chi connectivity index (χ1) is 15.0. The monoisotopic (exact) mass is 474 g/mol. The van der Waals surface area contributed by atoms with Crippen LogP contribution in [0, 0.1) is 0 Å². The minimum Gasteiger partial charge on any atom is -0.388 e. The molecule has 32 heavy (non-hydrogen) atoms. The fourth-order valence-electron chi connectivity index (χ4n) is 3.57. The summed E-state index contributed by atoms with van der Waals surface area (Å²) in [4.78, 5) is 0. The highest BCUT2D eigenvalue weighted by atomic mass is 16.7. The molecule has 3 fully saturated rings. The van der Waals surface area contributed by atoms with Crippen LogP contribution in [0.15, 0.2) is 0 Å². The molecule has 0 amide bonds. The summed E-state index contributed by atoms with van der Waals surface area (Å²) in [7, 11) is 0. The standard InChI is InChI=1S/C17H30O15/c18-4-1-28-16(13(25)7(4)19)29-3-6-9(21)11(23)14(26)17(32-6)30-2-5-8(20)10(22)12(24)15(27)31-5/h4-27H,1-3H2/t4-,5-,6-,7+,8-,9-,10+,11+,12-,13-,14-,15-,16+,17-/m1/s1. The van der Waals surface area contributed by atoms with Crippen LogP contribution in [0.2, 0.25) is 0 Å². The summed E-state index contributed by atoms with van der Waals surface area (Å²) in [5.74, 6) is 0. The number of aliphatic hydroxyl groups excluding tert-OH is 10. The minimum absolute atomic E-state index is 0.319. The number of ether oxygens (including phenoxy) is 5. The van der Waals surface area contributed by atoms with Gasteiger partial charge in [-0.2, -0.15) is 0 Å². The average molecular weight is 474 g/mol. The molecule has 14 atom stereocenters. The Morgan fingerprint density at radius 1 is 0.531 bits per heavy atom. The zero-order chi connectivity index (χ0) is 23.7. The maximum absolute atomic E-state index is 10.2. The van der Waals surface area contributed by atoms with Gasteiger partial charge in [0.25, 0.3) is 0 Å². The normalized spacial score (nSPS) is 52.7. The van der Waals surface area contributed by atoms with Crippen LogP contribution in [-0.4, -0.2) is 157 Å². The van der Waals surface area contributed by atoms with E-state index in [1.165, 1.54) is 0 Å². The molecule has 0 aromatic rings. The summed E-state index contributed by atoms with van der Waals surface area (Å²) < 4.78 is 26.0. The number of hydrogen-bond acceptors (Lipinski definition) is 15. The molecule has 3 aliphatic heterocycles. The van der Waals surface area contributed by atoms with Crippen molar-refractivity contribution in [3.05, 3.63) is 0 Å². The van der Waals surface area contributed by atoms with Gasteiger partial charge in [0.2, 0.25) is 0 Å². The van der Waals surface area contributed by atoms with Crippen LogP contribution in [0.1, 0.15) is 0 Å². The molecule has 0 aromatic heterocycles. The van der Waals surface area contributed by atoms with Crippen LogP contribution < -0.4 is 0 Å². The lowest BCUT2D eigenvalue weighted by molar-refractivity contribution is -0.335. The van der Waals surface area contributed by atoms with Crippen molar-refractivity contribution in [2.45, 2.75) is 86.0 Å². The molecule has 3 aliphatic rings. The largest absolute Gasteiger partial charge is 0.388 e. The third-order valence-electron chi connectivity index (χ3n) is 5.66. The van der Waals surface area contributed by atoms with E-state index in [9.17, 15) is 51.1 Å². The van der Waals surface area contributed by atoms with Crippen molar-refractivity contribution in [1.29, 1.82) is 0 Å². The van der Waals surface area contributed by atoms with E-state index in [0.717, 1.165) is 0 Å². The first-order valence-electron chi connectivity index (χ1n) is 9.99. The van der Waals surface area contributed by atoms with E-state index >= 15 is 0 Å². The molecule has 0 bridgehead atoms. The van der Waals surface area contributed by atoms with Crippen molar-refractivity contribution >= 4 is 0 Å². The highest BCUT2D eigenvalue weighted by Gasteiger charge is 2.47. The zero-order valence-corrected chi connectivity index (χ0v) is 16.7. The third-order valence-corrected chi connectivity index (χ3v) is 5.66. The summed E-state index contributed by atoms with van der Waals surface area (Å²) >= 11 is 0. The molecule has 15 heteroatoms. The molecule has 3 saturated heterocycles. The molecule has 0 saturated carbocycles. The molecule has 0 unspecified atom stereocenters. The van der Waals surface area contributed by atoms with Crippen LogP contribution in [0.25, 0.3) is 0 Å². The van der Waals surface area contributed by atoms with Gasteiger partial charge < -0.3 is 74.7 Å². The van der Waals surface area contributed by atoms with Crippen LogP contribution >= 0.6 is 0 Å². The molecular weight excluding hydrogens is 444 g/mol. The quantitative estimate of drug-likeness (QED) is 0.172. The molecule has 3 rings (SSSR count). The van der Waals surface area contributed by atoms with Crippen LogP contribution in [0.3, 0.4) is 0 Å². The van der Waals surface area contributed by atoms with E-state index in [0.29, 0.717) is 0 Å². The molecule has 0 spiro atoms. The summed E-state index contributed by atoms with van der Waals surface area (Å²) in [6, 6.07) is 0. The number of aliphatic hydroxyl groups is 10. The van der Waals surface area contributed by atoms with Crippen molar-refractivity contribution in [3.8, 4) is 0 Å². The van der Waals surface area contributed by atoms with E-state index < -0.39 is 99.2 Å². The zero-order valence-electron chi connectivity index (χ0n) is 16.7. The predicted molar refractivity (Wildman–Crippen MR) is 95.2 cm³/mol. The SMILES string of the molecule is O[C@@H]1[C@@H](O)[C@H](O)O[C@H](CO[C@@H]2O[C@H](CO[C@@H]3OC[C@@H](O)[C@H](O)[C@H]3O)[C@@H](O)[C@H](O)[C@H]2O)[C@H]1O. The highest BCUT2D eigenvalue weighted by molar-refractivity contribution is 4.92. The second-order valence-electron chi connectivity index (χ2n) is 7.97.